The average molecular weight is 389 g/mol. The Morgan fingerprint density at radius 2 is 1.85 bits per heavy atom. The zero-order valence-corrected chi connectivity index (χ0v) is 16.4. The molecule has 0 amide bonds. The van der Waals surface area contributed by atoms with Crippen LogP contribution < -0.4 is 10.6 Å². The van der Waals surface area contributed by atoms with Gasteiger partial charge in [-0.25, -0.2) is 14.1 Å². The van der Waals surface area contributed by atoms with Gasteiger partial charge < -0.3 is 10.6 Å². The van der Waals surface area contributed by atoms with Crippen LogP contribution in [0.3, 0.4) is 0 Å². The fourth-order valence-electron chi connectivity index (χ4n) is 3.42. The minimum atomic E-state index is -0.469. The second-order valence-electron chi connectivity index (χ2n) is 7.86. The molecular weight excluding hydrogens is 367 g/mol. The lowest BCUT2D eigenvalue weighted by Crippen LogP contribution is -2.24. The molecule has 0 atom stereocenters. The Morgan fingerprint density at radius 1 is 1.15 bits per heavy atom. The fourth-order valence-corrected chi connectivity index (χ4v) is 3.60. The van der Waals surface area contributed by atoms with Crippen molar-refractivity contribution in [2.75, 3.05) is 23.7 Å². The molecule has 0 unspecified atom stereocenters. The summed E-state index contributed by atoms with van der Waals surface area (Å²) in [6, 6.07) is 4.57. The van der Waals surface area contributed by atoms with Crippen molar-refractivity contribution in [1.29, 1.82) is 0 Å². The number of halogens is 2. The lowest BCUT2D eigenvalue weighted by molar-refractivity contribution is 0.364. The van der Waals surface area contributed by atoms with Crippen LogP contribution in [0.25, 0.3) is 22.3 Å². The van der Waals surface area contributed by atoms with Gasteiger partial charge in [0.25, 0.3) is 0 Å². The van der Waals surface area contributed by atoms with E-state index in [2.05, 4.69) is 15.0 Å². The van der Waals surface area contributed by atoms with Crippen molar-refractivity contribution in [2.45, 2.75) is 39.2 Å². The molecule has 6 nitrogen and oxygen atoms in total. The standard InChI is InChI=1S/C19H22ClFN6/c1-19(2,3)27-16(22)14-15(11-6-7-13(21)12(20)10-11)23-18(24-17(14)25-27)26-8-4-5-9-26/h6-7,10H,4-5,8-9,22H2,1-3H3. The highest BCUT2D eigenvalue weighted by molar-refractivity contribution is 6.31. The van der Waals surface area contributed by atoms with Crippen LogP contribution >= 0.6 is 11.6 Å². The molecule has 1 aromatic carbocycles. The van der Waals surface area contributed by atoms with Crippen LogP contribution in [0.2, 0.25) is 5.02 Å². The summed E-state index contributed by atoms with van der Waals surface area (Å²) < 4.78 is 15.4. The molecule has 1 saturated heterocycles. The number of hydrogen-bond acceptors (Lipinski definition) is 5. The molecule has 0 saturated carbocycles. The highest BCUT2D eigenvalue weighted by Crippen LogP contribution is 2.36. The molecular formula is C19H22ClFN6. The minimum Gasteiger partial charge on any atom is -0.383 e. The molecule has 0 aliphatic carbocycles. The Balaban J connectivity index is 2.01. The summed E-state index contributed by atoms with van der Waals surface area (Å²) in [5, 5.41) is 5.36. The Morgan fingerprint density at radius 3 is 2.48 bits per heavy atom. The van der Waals surface area contributed by atoms with Crippen molar-refractivity contribution >= 4 is 34.4 Å². The zero-order chi connectivity index (χ0) is 19.3. The molecule has 0 spiro atoms. The van der Waals surface area contributed by atoms with Crippen molar-refractivity contribution in [3.8, 4) is 11.3 Å². The van der Waals surface area contributed by atoms with E-state index in [1.54, 1.807) is 16.8 Å². The Kier molecular flexibility index (Phi) is 4.22. The molecule has 2 N–H and O–H groups in total. The molecule has 1 fully saturated rings. The van der Waals surface area contributed by atoms with Crippen molar-refractivity contribution in [2.24, 2.45) is 0 Å². The second-order valence-corrected chi connectivity index (χ2v) is 8.27. The molecule has 27 heavy (non-hydrogen) atoms. The minimum absolute atomic E-state index is 0.0452. The van der Waals surface area contributed by atoms with E-state index < -0.39 is 5.82 Å². The maximum absolute atomic E-state index is 13.7. The number of fused-ring (bicyclic) bond motifs is 1. The molecule has 142 valence electrons. The number of benzene rings is 1. The number of hydrogen-bond donors (Lipinski definition) is 1. The smallest absolute Gasteiger partial charge is 0.228 e. The molecule has 0 radical (unpaired) electrons. The number of rotatable bonds is 2. The topological polar surface area (TPSA) is 72.9 Å². The number of nitrogens with two attached hydrogens (primary N) is 1. The van der Waals surface area contributed by atoms with E-state index in [1.807, 2.05) is 20.8 Å². The summed E-state index contributed by atoms with van der Waals surface area (Å²) in [5.41, 5.74) is 7.97. The van der Waals surface area contributed by atoms with Gasteiger partial charge >= 0.3 is 0 Å². The normalized spacial score (nSPS) is 15.1. The van der Waals surface area contributed by atoms with Crippen molar-refractivity contribution in [3.05, 3.63) is 29.0 Å². The third-order valence-corrected chi connectivity index (χ3v) is 5.06. The van der Waals surface area contributed by atoms with Gasteiger partial charge in [-0.05, 0) is 51.8 Å². The largest absolute Gasteiger partial charge is 0.383 e. The molecule has 1 aliphatic rings. The monoisotopic (exact) mass is 388 g/mol. The van der Waals surface area contributed by atoms with Gasteiger partial charge in [-0.2, -0.15) is 4.98 Å². The van der Waals surface area contributed by atoms with Crippen LogP contribution in [0.1, 0.15) is 33.6 Å². The van der Waals surface area contributed by atoms with Gasteiger partial charge in [0.1, 0.15) is 11.6 Å². The van der Waals surface area contributed by atoms with E-state index in [4.69, 9.17) is 22.3 Å². The Labute approximate surface area is 162 Å². The molecule has 0 bridgehead atoms. The van der Waals surface area contributed by atoms with Crippen LogP contribution in [-0.2, 0) is 5.54 Å². The number of anilines is 2. The van der Waals surface area contributed by atoms with Gasteiger partial charge in [0.2, 0.25) is 5.95 Å². The van der Waals surface area contributed by atoms with Crippen LogP contribution in [0.4, 0.5) is 16.2 Å². The highest BCUT2D eigenvalue weighted by Gasteiger charge is 2.26. The predicted molar refractivity (Wildman–Crippen MR) is 107 cm³/mol. The molecule has 2 aromatic heterocycles. The number of nitrogen functional groups attached to an aromatic ring is 1. The first-order valence-corrected chi connectivity index (χ1v) is 9.40. The van der Waals surface area contributed by atoms with Gasteiger partial charge in [-0.1, -0.05) is 11.6 Å². The number of aromatic nitrogens is 4. The molecule has 8 heteroatoms. The lowest BCUT2D eigenvalue weighted by Gasteiger charge is -2.20. The Hall–Kier alpha value is -2.41. The summed E-state index contributed by atoms with van der Waals surface area (Å²) in [4.78, 5) is 11.6. The van der Waals surface area contributed by atoms with Gasteiger partial charge in [0.05, 0.1) is 21.6 Å². The first kappa shape index (κ1) is 18.0. The highest BCUT2D eigenvalue weighted by atomic mass is 35.5. The van der Waals surface area contributed by atoms with Crippen LogP contribution in [-0.4, -0.2) is 32.8 Å². The summed E-state index contributed by atoms with van der Waals surface area (Å²) >= 11 is 6.02. The van der Waals surface area contributed by atoms with E-state index in [9.17, 15) is 4.39 Å². The second kappa shape index (κ2) is 6.34. The van der Waals surface area contributed by atoms with E-state index in [0.717, 1.165) is 25.9 Å². The maximum Gasteiger partial charge on any atom is 0.228 e. The van der Waals surface area contributed by atoms with Crippen molar-refractivity contribution in [1.82, 2.24) is 19.7 Å². The molecule has 4 rings (SSSR count). The summed E-state index contributed by atoms with van der Waals surface area (Å²) in [7, 11) is 0. The molecule has 1 aliphatic heterocycles. The third-order valence-electron chi connectivity index (χ3n) is 4.77. The first-order valence-electron chi connectivity index (χ1n) is 9.03. The van der Waals surface area contributed by atoms with Crippen LogP contribution in [0, 0.1) is 5.82 Å². The first-order chi connectivity index (χ1) is 12.8. The lowest BCUT2D eigenvalue weighted by atomic mass is 10.1. The van der Waals surface area contributed by atoms with E-state index in [-0.39, 0.29) is 10.6 Å². The van der Waals surface area contributed by atoms with Crippen LogP contribution in [0.5, 0.6) is 0 Å². The summed E-state index contributed by atoms with van der Waals surface area (Å²) in [5.74, 6) is 0.638. The fraction of sp³-hybridized carbons (Fsp3) is 0.421. The molecule has 3 heterocycles. The van der Waals surface area contributed by atoms with E-state index >= 15 is 0 Å². The third kappa shape index (κ3) is 3.10. The Bertz CT molecular complexity index is 1020. The van der Waals surface area contributed by atoms with E-state index in [0.29, 0.717) is 34.1 Å². The quantitative estimate of drug-likeness (QED) is 0.711. The van der Waals surface area contributed by atoms with Crippen LogP contribution in [0.15, 0.2) is 18.2 Å². The van der Waals surface area contributed by atoms with Gasteiger partial charge in [-0.15, -0.1) is 5.10 Å². The van der Waals surface area contributed by atoms with Crippen molar-refractivity contribution in [3.63, 3.8) is 0 Å². The SMILES string of the molecule is CC(C)(C)n1nc2nc(N3CCCC3)nc(-c3ccc(F)c(Cl)c3)c2c1N. The summed E-state index contributed by atoms with van der Waals surface area (Å²) in [6.07, 6.45) is 2.22. The zero-order valence-electron chi connectivity index (χ0n) is 15.6. The molecule has 3 aromatic rings. The van der Waals surface area contributed by atoms with E-state index in [1.165, 1.54) is 6.07 Å². The van der Waals surface area contributed by atoms with Gasteiger partial charge in [0.15, 0.2) is 5.65 Å². The summed E-state index contributed by atoms with van der Waals surface area (Å²) in [6.45, 7) is 7.89. The van der Waals surface area contributed by atoms with Gasteiger partial charge in [0, 0.05) is 18.7 Å². The maximum atomic E-state index is 13.7. The predicted octanol–water partition coefficient (Wildman–Crippen LogP) is 4.22. The van der Waals surface area contributed by atoms with Gasteiger partial charge in [-0.3, -0.25) is 0 Å². The number of nitrogens with zero attached hydrogens (tertiary/aromatic N) is 5. The average Bonchev–Trinajstić information content (AvgIpc) is 3.24. The van der Waals surface area contributed by atoms with Crippen molar-refractivity contribution < 1.29 is 4.39 Å².